The normalized spacial score (nSPS) is 10.8. The molecule has 1 N–H and O–H groups in total. The molecule has 0 radical (unpaired) electrons. The molecular weight excluding hydrogens is 394 g/mol. The number of hydrogen-bond acceptors (Lipinski definition) is 6. The Labute approximate surface area is 151 Å². The molecule has 7 nitrogen and oxygen atoms in total. The fraction of sp³-hybridized carbons (Fsp3) is 0.200. The van der Waals surface area contributed by atoms with Crippen molar-refractivity contribution in [3.63, 3.8) is 0 Å². The zero-order valence-electron chi connectivity index (χ0n) is 13.0. The molecule has 0 aliphatic rings. The average molecular weight is 408 g/mol. The molecule has 124 valence electrons. The number of carbonyl (C=O) groups excluding carboxylic acids is 1. The van der Waals surface area contributed by atoms with Gasteiger partial charge in [-0.3, -0.25) is 4.79 Å². The van der Waals surface area contributed by atoms with Crippen LogP contribution in [-0.4, -0.2) is 31.4 Å². The fourth-order valence-electron chi connectivity index (χ4n) is 2.05. The van der Waals surface area contributed by atoms with Crippen LogP contribution in [0.4, 0.5) is 5.82 Å². The van der Waals surface area contributed by atoms with Crippen LogP contribution in [-0.2, 0) is 11.8 Å². The topological polar surface area (TPSA) is 85.8 Å². The first-order valence-corrected chi connectivity index (χ1v) is 8.80. The van der Waals surface area contributed by atoms with Gasteiger partial charge in [0.2, 0.25) is 5.91 Å². The summed E-state index contributed by atoms with van der Waals surface area (Å²) in [7, 11) is 1.86. The summed E-state index contributed by atoms with van der Waals surface area (Å²) < 4.78 is 7.99. The average Bonchev–Trinajstić information content (AvgIpc) is 3.13. The molecule has 3 aromatic heterocycles. The van der Waals surface area contributed by atoms with E-state index in [-0.39, 0.29) is 11.7 Å². The highest BCUT2D eigenvalue weighted by Gasteiger charge is 2.15. The van der Waals surface area contributed by atoms with Gasteiger partial charge in [0.25, 0.3) is 0 Å². The molecule has 1 amide bonds. The van der Waals surface area contributed by atoms with E-state index in [1.54, 1.807) is 18.5 Å². The van der Waals surface area contributed by atoms with Gasteiger partial charge in [-0.1, -0.05) is 11.8 Å². The standard InChI is InChI=1S/C15H14BrN5O2S/c1-9-11(5-6-23-9)14-19-20-15(21(14)2)24-8-13(22)18-12-4-3-10(16)7-17-12/h3-7H,8H2,1-2H3,(H,17,18,22). The number of nitrogens with one attached hydrogen (secondary N) is 1. The van der Waals surface area contributed by atoms with E-state index in [0.29, 0.717) is 16.8 Å². The van der Waals surface area contributed by atoms with Gasteiger partial charge in [-0.05, 0) is 41.1 Å². The van der Waals surface area contributed by atoms with Crippen molar-refractivity contribution in [1.29, 1.82) is 0 Å². The predicted octanol–water partition coefficient (Wildman–Crippen LogP) is 3.27. The number of rotatable bonds is 5. The second kappa shape index (κ2) is 7.18. The van der Waals surface area contributed by atoms with E-state index in [2.05, 4.69) is 36.4 Å². The second-order valence-electron chi connectivity index (χ2n) is 4.95. The molecule has 0 fully saturated rings. The lowest BCUT2D eigenvalue weighted by Crippen LogP contribution is -2.15. The van der Waals surface area contributed by atoms with E-state index in [4.69, 9.17) is 4.42 Å². The lowest BCUT2D eigenvalue weighted by atomic mass is 10.2. The molecule has 0 aromatic carbocycles. The quantitative estimate of drug-likeness (QED) is 0.653. The Morgan fingerprint density at radius 2 is 2.21 bits per heavy atom. The highest BCUT2D eigenvalue weighted by molar-refractivity contribution is 9.10. The Balaban J connectivity index is 1.63. The summed E-state index contributed by atoms with van der Waals surface area (Å²) in [6.07, 6.45) is 3.25. The Hall–Kier alpha value is -2.13. The molecule has 3 heterocycles. The van der Waals surface area contributed by atoms with E-state index in [0.717, 1.165) is 15.8 Å². The number of halogens is 1. The number of aromatic nitrogens is 4. The lowest BCUT2D eigenvalue weighted by Gasteiger charge is -2.05. The van der Waals surface area contributed by atoms with Crippen molar-refractivity contribution in [3.05, 3.63) is 40.9 Å². The minimum absolute atomic E-state index is 0.154. The number of nitrogens with zero attached hydrogens (tertiary/aromatic N) is 4. The first-order valence-electron chi connectivity index (χ1n) is 7.02. The van der Waals surface area contributed by atoms with Gasteiger partial charge in [0.15, 0.2) is 11.0 Å². The van der Waals surface area contributed by atoms with Gasteiger partial charge in [-0.25, -0.2) is 4.98 Å². The van der Waals surface area contributed by atoms with Crippen molar-refractivity contribution in [2.24, 2.45) is 7.05 Å². The van der Waals surface area contributed by atoms with Crippen molar-refractivity contribution in [3.8, 4) is 11.4 Å². The molecule has 24 heavy (non-hydrogen) atoms. The van der Waals surface area contributed by atoms with Crippen LogP contribution in [0.25, 0.3) is 11.4 Å². The van der Waals surface area contributed by atoms with E-state index in [9.17, 15) is 4.79 Å². The first kappa shape index (κ1) is 16.7. The van der Waals surface area contributed by atoms with E-state index < -0.39 is 0 Å². The predicted molar refractivity (Wildman–Crippen MR) is 94.7 cm³/mol. The van der Waals surface area contributed by atoms with Crippen LogP contribution in [0.15, 0.2) is 44.7 Å². The number of carbonyl (C=O) groups is 1. The van der Waals surface area contributed by atoms with Crippen molar-refractivity contribution in [2.75, 3.05) is 11.1 Å². The van der Waals surface area contributed by atoms with Crippen LogP contribution in [0.1, 0.15) is 5.76 Å². The second-order valence-corrected chi connectivity index (χ2v) is 6.81. The van der Waals surface area contributed by atoms with Crippen LogP contribution < -0.4 is 5.32 Å². The number of pyridine rings is 1. The molecule has 0 aliphatic heterocycles. The third kappa shape index (κ3) is 3.68. The third-order valence-electron chi connectivity index (χ3n) is 3.26. The molecule has 0 aliphatic carbocycles. The maximum Gasteiger partial charge on any atom is 0.236 e. The molecule has 9 heteroatoms. The Morgan fingerprint density at radius 1 is 1.38 bits per heavy atom. The molecule has 0 bridgehead atoms. The molecule has 0 unspecified atom stereocenters. The number of anilines is 1. The van der Waals surface area contributed by atoms with Gasteiger partial charge >= 0.3 is 0 Å². The first-order chi connectivity index (χ1) is 11.5. The van der Waals surface area contributed by atoms with E-state index in [1.165, 1.54) is 11.8 Å². The molecule has 0 saturated carbocycles. The van der Waals surface area contributed by atoms with Crippen molar-refractivity contribution in [2.45, 2.75) is 12.1 Å². The Bertz CT molecular complexity index is 859. The van der Waals surface area contributed by atoms with Gasteiger partial charge < -0.3 is 14.3 Å². The summed E-state index contributed by atoms with van der Waals surface area (Å²) >= 11 is 4.61. The number of aryl methyl sites for hydroxylation is 1. The lowest BCUT2D eigenvalue weighted by molar-refractivity contribution is -0.113. The Kier molecular flexibility index (Phi) is 5.00. The van der Waals surface area contributed by atoms with Crippen LogP contribution in [0, 0.1) is 6.92 Å². The van der Waals surface area contributed by atoms with Crippen molar-refractivity contribution < 1.29 is 9.21 Å². The van der Waals surface area contributed by atoms with Gasteiger partial charge in [0.1, 0.15) is 11.6 Å². The summed E-state index contributed by atoms with van der Waals surface area (Å²) in [5.41, 5.74) is 0.889. The number of amides is 1. The van der Waals surface area contributed by atoms with Crippen molar-refractivity contribution >= 4 is 39.4 Å². The van der Waals surface area contributed by atoms with Crippen molar-refractivity contribution in [1.82, 2.24) is 19.7 Å². The maximum atomic E-state index is 12.0. The SMILES string of the molecule is Cc1occc1-c1nnc(SCC(=O)Nc2ccc(Br)cn2)n1C. The van der Waals surface area contributed by atoms with Gasteiger partial charge in [0.05, 0.1) is 17.6 Å². The summed E-state index contributed by atoms with van der Waals surface area (Å²) in [5.74, 6) is 2.06. The summed E-state index contributed by atoms with van der Waals surface area (Å²) in [4.78, 5) is 16.1. The Morgan fingerprint density at radius 3 is 2.88 bits per heavy atom. The number of hydrogen-bond donors (Lipinski definition) is 1. The smallest absolute Gasteiger partial charge is 0.236 e. The van der Waals surface area contributed by atoms with Gasteiger partial charge in [0, 0.05) is 17.7 Å². The third-order valence-corrected chi connectivity index (χ3v) is 4.75. The zero-order chi connectivity index (χ0) is 17.1. The van der Waals surface area contributed by atoms with Crippen LogP contribution in [0.3, 0.4) is 0 Å². The summed E-state index contributed by atoms with van der Waals surface area (Å²) in [6.45, 7) is 1.87. The maximum absolute atomic E-state index is 12.0. The molecule has 0 saturated heterocycles. The largest absolute Gasteiger partial charge is 0.469 e. The molecule has 3 rings (SSSR count). The minimum atomic E-state index is -0.154. The monoisotopic (exact) mass is 407 g/mol. The number of thioether (sulfide) groups is 1. The number of furan rings is 1. The van der Waals surface area contributed by atoms with Crippen LogP contribution in [0.5, 0.6) is 0 Å². The van der Waals surface area contributed by atoms with Gasteiger partial charge in [-0.2, -0.15) is 0 Å². The van der Waals surface area contributed by atoms with Crippen LogP contribution in [0.2, 0.25) is 0 Å². The minimum Gasteiger partial charge on any atom is -0.469 e. The summed E-state index contributed by atoms with van der Waals surface area (Å²) in [6, 6.07) is 5.40. The fourth-order valence-corrected chi connectivity index (χ4v) is 3.00. The highest BCUT2D eigenvalue weighted by Crippen LogP contribution is 2.25. The highest BCUT2D eigenvalue weighted by atomic mass is 79.9. The molecule has 0 atom stereocenters. The van der Waals surface area contributed by atoms with Gasteiger partial charge in [-0.15, -0.1) is 10.2 Å². The van der Waals surface area contributed by atoms with E-state index >= 15 is 0 Å². The molecule has 3 aromatic rings. The van der Waals surface area contributed by atoms with E-state index in [1.807, 2.05) is 30.7 Å². The van der Waals surface area contributed by atoms with Crippen LogP contribution >= 0.6 is 27.7 Å². The zero-order valence-corrected chi connectivity index (χ0v) is 15.4. The molecular formula is C15H14BrN5O2S. The summed E-state index contributed by atoms with van der Waals surface area (Å²) in [5, 5.41) is 11.7. The molecule has 0 spiro atoms.